The van der Waals surface area contributed by atoms with Gasteiger partial charge in [-0.05, 0) is 36.3 Å². The van der Waals surface area contributed by atoms with Gasteiger partial charge in [-0.15, -0.1) is 0 Å². The van der Waals surface area contributed by atoms with E-state index in [2.05, 4.69) is 31.8 Å². The molecule has 0 N–H and O–H groups in total. The molecule has 0 saturated carbocycles. The van der Waals surface area contributed by atoms with Gasteiger partial charge in [0.2, 0.25) is 0 Å². The Hall–Kier alpha value is -0.850. The summed E-state index contributed by atoms with van der Waals surface area (Å²) in [6.45, 7) is 6.84. The van der Waals surface area contributed by atoms with Crippen molar-refractivity contribution < 1.29 is 0 Å². The maximum absolute atomic E-state index is 4.20. The van der Waals surface area contributed by atoms with E-state index in [9.17, 15) is 0 Å². The molecular weight excluding hydrogens is 170 g/mol. The maximum Gasteiger partial charge on any atom is 0.0302 e. The number of rotatable bonds is 5. The second kappa shape index (κ2) is 5.79. The van der Waals surface area contributed by atoms with E-state index in [1.54, 1.807) is 0 Å². The Bertz CT molecular complexity index is 241. The van der Waals surface area contributed by atoms with Crippen LogP contribution in [-0.4, -0.2) is 4.98 Å². The van der Waals surface area contributed by atoms with Crippen molar-refractivity contribution in [2.75, 3.05) is 0 Å². The summed E-state index contributed by atoms with van der Waals surface area (Å²) in [5, 5.41) is 0. The Balaban J connectivity index is 2.67. The fourth-order valence-corrected chi connectivity index (χ4v) is 1.96. The molecule has 0 aliphatic carbocycles. The van der Waals surface area contributed by atoms with Gasteiger partial charge in [-0.25, -0.2) is 0 Å². The lowest BCUT2D eigenvalue weighted by Gasteiger charge is -2.18. The zero-order chi connectivity index (χ0) is 10.4. The average molecular weight is 191 g/mol. The van der Waals surface area contributed by atoms with E-state index in [0.717, 1.165) is 5.92 Å². The molecule has 0 amide bonds. The highest BCUT2D eigenvalue weighted by atomic mass is 14.6. The van der Waals surface area contributed by atoms with Crippen LogP contribution < -0.4 is 0 Å². The first-order valence-corrected chi connectivity index (χ1v) is 5.64. The normalized spacial score (nSPS) is 13.1. The highest BCUT2D eigenvalue weighted by Crippen LogP contribution is 2.27. The van der Waals surface area contributed by atoms with Gasteiger partial charge in [-0.2, -0.15) is 0 Å². The minimum absolute atomic E-state index is 0.702. The quantitative estimate of drug-likeness (QED) is 0.685. The molecule has 0 saturated heterocycles. The molecule has 14 heavy (non-hydrogen) atoms. The number of nitrogens with zero attached hydrogens (tertiary/aromatic N) is 1. The molecule has 1 unspecified atom stereocenters. The van der Waals surface area contributed by atoms with Crippen LogP contribution in [0.1, 0.15) is 51.5 Å². The van der Waals surface area contributed by atoms with Gasteiger partial charge in [0, 0.05) is 12.4 Å². The highest BCUT2D eigenvalue weighted by molar-refractivity contribution is 5.14. The molecule has 0 spiro atoms. The van der Waals surface area contributed by atoms with Crippen molar-refractivity contribution in [3.63, 3.8) is 0 Å². The molecule has 0 radical (unpaired) electrons. The predicted octanol–water partition coefficient (Wildman–Crippen LogP) is 4.01. The SMILES string of the molecule is CCCC(CC(C)C)c1cccnc1. The van der Waals surface area contributed by atoms with Crippen LogP contribution in [0.4, 0.5) is 0 Å². The molecule has 78 valence electrons. The van der Waals surface area contributed by atoms with Gasteiger partial charge in [0.05, 0.1) is 0 Å². The van der Waals surface area contributed by atoms with Crippen molar-refractivity contribution >= 4 is 0 Å². The van der Waals surface area contributed by atoms with E-state index < -0.39 is 0 Å². The van der Waals surface area contributed by atoms with Crippen molar-refractivity contribution in [3.8, 4) is 0 Å². The summed E-state index contributed by atoms with van der Waals surface area (Å²) in [4.78, 5) is 4.20. The van der Waals surface area contributed by atoms with Crippen LogP contribution in [0.2, 0.25) is 0 Å². The van der Waals surface area contributed by atoms with Crippen molar-refractivity contribution in [2.45, 2.75) is 46.0 Å². The summed E-state index contributed by atoms with van der Waals surface area (Å²) >= 11 is 0. The minimum atomic E-state index is 0.702. The third-order valence-corrected chi connectivity index (χ3v) is 2.55. The Morgan fingerprint density at radius 2 is 2.14 bits per heavy atom. The second-order valence-electron chi connectivity index (χ2n) is 4.40. The standard InChI is InChI=1S/C13H21N/c1-4-6-12(9-11(2)3)13-7-5-8-14-10-13/h5,7-8,10-12H,4,6,9H2,1-3H3. The summed E-state index contributed by atoms with van der Waals surface area (Å²) in [5.74, 6) is 1.47. The second-order valence-corrected chi connectivity index (χ2v) is 4.40. The molecule has 1 nitrogen and oxygen atoms in total. The van der Waals surface area contributed by atoms with Gasteiger partial charge in [-0.1, -0.05) is 33.3 Å². The van der Waals surface area contributed by atoms with E-state index in [0.29, 0.717) is 5.92 Å². The third-order valence-electron chi connectivity index (χ3n) is 2.55. The maximum atomic E-state index is 4.20. The van der Waals surface area contributed by atoms with Gasteiger partial charge in [-0.3, -0.25) is 4.98 Å². The molecule has 1 rings (SSSR count). The van der Waals surface area contributed by atoms with E-state index in [1.807, 2.05) is 18.5 Å². The van der Waals surface area contributed by atoms with Crippen LogP contribution in [0, 0.1) is 5.92 Å². The van der Waals surface area contributed by atoms with Gasteiger partial charge in [0.25, 0.3) is 0 Å². The lowest BCUT2D eigenvalue weighted by molar-refractivity contribution is 0.472. The Labute approximate surface area is 87.6 Å². The molecule has 1 heteroatoms. The minimum Gasteiger partial charge on any atom is -0.264 e. The van der Waals surface area contributed by atoms with Gasteiger partial charge < -0.3 is 0 Å². The topological polar surface area (TPSA) is 12.9 Å². The van der Waals surface area contributed by atoms with Crippen LogP contribution in [0.25, 0.3) is 0 Å². The first kappa shape index (κ1) is 11.2. The summed E-state index contributed by atoms with van der Waals surface area (Å²) in [6, 6.07) is 4.24. The van der Waals surface area contributed by atoms with Crippen LogP contribution in [-0.2, 0) is 0 Å². The van der Waals surface area contributed by atoms with Crippen LogP contribution >= 0.6 is 0 Å². The number of aromatic nitrogens is 1. The van der Waals surface area contributed by atoms with Crippen LogP contribution in [0.5, 0.6) is 0 Å². The summed E-state index contributed by atoms with van der Waals surface area (Å²) in [7, 11) is 0. The molecule has 1 aromatic heterocycles. The van der Waals surface area contributed by atoms with Gasteiger partial charge >= 0.3 is 0 Å². The van der Waals surface area contributed by atoms with Crippen molar-refractivity contribution in [3.05, 3.63) is 30.1 Å². The van der Waals surface area contributed by atoms with E-state index >= 15 is 0 Å². The molecule has 0 aromatic carbocycles. The van der Waals surface area contributed by atoms with E-state index in [-0.39, 0.29) is 0 Å². The Morgan fingerprint density at radius 3 is 2.64 bits per heavy atom. The number of hydrogen-bond acceptors (Lipinski definition) is 1. The first-order chi connectivity index (χ1) is 6.74. The fraction of sp³-hybridized carbons (Fsp3) is 0.615. The Morgan fingerprint density at radius 1 is 1.36 bits per heavy atom. The zero-order valence-electron chi connectivity index (χ0n) is 9.53. The van der Waals surface area contributed by atoms with Crippen molar-refractivity contribution in [1.29, 1.82) is 0 Å². The Kier molecular flexibility index (Phi) is 4.64. The summed E-state index contributed by atoms with van der Waals surface area (Å²) < 4.78 is 0. The summed E-state index contributed by atoms with van der Waals surface area (Å²) in [5.41, 5.74) is 1.41. The molecular formula is C13H21N. The molecule has 0 aliphatic rings. The number of pyridine rings is 1. The summed E-state index contributed by atoms with van der Waals surface area (Å²) in [6.07, 6.45) is 7.68. The molecule has 1 aromatic rings. The number of hydrogen-bond donors (Lipinski definition) is 0. The van der Waals surface area contributed by atoms with E-state index in [1.165, 1.54) is 24.8 Å². The predicted molar refractivity (Wildman–Crippen MR) is 61.3 cm³/mol. The monoisotopic (exact) mass is 191 g/mol. The van der Waals surface area contributed by atoms with Crippen molar-refractivity contribution in [1.82, 2.24) is 4.98 Å². The molecule has 1 atom stereocenters. The van der Waals surface area contributed by atoms with Crippen LogP contribution in [0.15, 0.2) is 24.5 Å². The van der Waals surface area contributed by atoms with Crippen LogP contribution in [0.3, 0.4) is 0 Å². The van der Waals surface area contributed by atoms with Crippen molar-refractivity contribution in [2.24, 2.45) is 5.92 Å². The smallest absolute Gasteiger partial charge is 0.0302 e. The fourth-order valence-electron chi connectivity index (χ4n) is 1.96. The highest BCUT2D eigenvalue weighted by Gasteiger charge is 2.12. The molecule has 0 aliphatic heterocycles. The lowest BCUT2D eigenvalue weighted by Crippen LogP contribution is -2.03. The largest absolute Gasteiger partial charge is 0.264 e. The molecule has 0 fully saturated rings. The lowest BCUT2D eigenvalue weighted by atomic mass is 9.88. The van der Waals surface area contributed by atoms with E-state index in [4.69, 9.17) is 0 Å². The zero-order valence-corrected chi connectivity index (χ0v) is 9.53. The molecule has 0 bridgehead atoms. The van der Waals surface area contributed by atoms with Gasteiger partial charge in [0.15, 0.2) is 0 Å². The van der Waals surface area contributed by atoms with Gasteiger partial charge in [0.1, 0.15) is 0 Å². The third kappa shape index (κ3) is 3.49. The molecule has 1 heterocycles. The first-order valence-electron chi connectivity index (χ1n) is 5.64. The average Bonchev–Trinajstić information content (AvgIpc) is 2.18.